The van der Waals surface area contributed by atoms with E-state index in [2.05, 4.69) is 104 Å². The Morgan fingerprint density at radius 3 is 1.26 bits per heavy atom. The molecule has 0 spiro atoms. The topological polar surface area (TPSA) is 25.3 Å². The minimum Gasteiger partial charge on any atom is -0.493 e. The van der Waals surface area contributed by atoms with Crippen molar-refractivity contribution in [3.63, 3.8) is 0 Å². The first-order valence-corrected chi connectivity index (χ1v) is 19.2. The molecular weight excluding hydrogens is 663 g/mol. The van der Waals surface area contributed by atoms with Gasteiger partial charge in [-0.3, -0.25) is 0 Å². The summed E-state index contributed by atoms with van der Waals surface area (Å²) in [4.78, 5) is 0. The van der Waals surface area contributed by atoms with Crippen molar-refractivity contribution in [1.29, 1.82) is 0 Å². The van der Waals surface area contributed by atoms with Crippen molar-refractivity contribution >= 4 is 11.4 Å². The fourth-order valence-electron chi connectivity index (χ4n) is 5.73. The summed E-state index contributed by atoms with van der Waals surface area (Å²) in [5, 5.41) is 0. The summed E-state index contributed by atoms with van der Waals surface area (Å²) in [5.41, 5.74) is 21.8. The van der Waals surface area contributed by atoms with E-state index in [0.717, 1.165) is 73.9 Å². The molecule has 2 aromatic carbocycles. The summed E-state index contributed by atoms with van der Waals surface area (Å²) in [6.07, 6.45) is 23.6. The number of hydrogen-bond donors (Lipinski definition) is 0. The largest absolute Gasteiger partial charge is 2.00 e. The average Bonchev–Trinajstić information content (AvgIpc) is 3.37. The van der Waals surface area contributed by atoms with Gasteiger partial charge < -0.3 is 19.4 Å². The number of rotatable bonds is 20. The molecule has 0 saturated carbocycles. The fraction of sp³-hybridized carbons (Fsp3) is 0.591. The number of benzene rings is 2. The molecule has 47 heavy (non-hydrogen) atoms. The Morgan fingerprint density at radius 2 is 0.851 bits per heavy atom. The fourth-order valence-corrected chi connectivity index (χ4v) is 5.73. The monoisotopic (exact) mass is 732 g/mol. The van der Waals surface area contributed by atoms with Crippen LogP contribution in [0.4, 0.5) is 0 Å². The van der Waals surface area contributed by atoms with Gasteiger partial charge >= 0.3 is 20.4 Å². The van der Waals surface area contributed by atoms with Gasteiger partial charge in [0.25, 0.3) is 0 Å². The van der Waals surface area contributed by atoms with Gasteiger partial charge in [-0.2, -0.15) is 12.8 Å². The van der Waals surface area contributed by atoms with E-state index in [4.69, 9.17) is 0 Å². The first-order chi connectivity index (χ1) is 22.5. The van der Waals surface area contributed by atoms with E-state index < -0.39 is 0 Å². The average molecular weight is 733 g/mol. The van der Waals surface area contributed by atoms with Gasteiger partial charge in [-0.25, -0.2) is 4.70 Å². The van der Waals surface area contributed by atoms with Crippen molar-refractivity contribution in [2.45, 2.75) is 170 Å². The Balaban J connectivity index is 0.00000211. The van der Waals surface area contributed by atoms with Crippen LogP contribution in [-0.2, 0) is 33.3 Å². The van der Waals surface area contributed by atoms with Crippen LogP contribution in [0.1, 0.15) is 179 Å². The third kappa shape index (κ3) is 16.9. The van der Waals surface area contributed by atoms with Crippen LogP contribution < -0.4 is 0 Å². The van der Waals surface area contributed by atoms with Gasteiger partial charge in [0.15, 0.2) is 0 Å². The number of hydrogen-bond acceptors (Lipinski definition) is 0. The number of unbranched alkanes of at least 4 members (excludes halogenated alkanes) is 10. The molecule has 0 aromatic heterocycles. The van der Waals surface area contributed by atoms with E-state index in [1.54, 1.807) is 4.70 Å². The van der Waals surface area contributed by atoms with Crippen LogP contribution in [-0.4, -0.2) is 4.70 Å². The van der Waals surface area contributed by atoms with E-state index in [1.165, 1.54) is 99.3 Å². The van der Waals surface area contributed by atoms with Crippen molar-refractivity contribution in [3.05, 3.63) is 101 Å². The van der Waals surface area contributed by atoms with Crippen molar-refractivity contribution in [1.82, 2.24) is 0 Å². The molecule has 0 amide bonds. The maximum absolute atomic E-state index is 11.9. The molecule has 0 atom stereocenters. The second-order valence-electron chi connectivity index (χ2n) is 12.9. The summed E-state index contributed by atoms with van der Waals surface area (Å²) in [6.45, 7) is 20.5. The Bertz CT molecular complexity index is 1150. The number of aryl methyl sites for hydroxylation is 2. The third-order valence-corrected chi connectivity index (χ3v) is 8.67. The minimum atomic E-state index is 0. The van der Waals surface area contributed by atoms with Gasteiger partial charge in [-0.05, 0) is 86.8 Å². The molecule has 0 bridgehead atoms. The molecule has 0 N–H and O–H groups in total. The van der Waals surface area contributed by atoms with E-state index in [0.29, 0.717) is 0 Å². The molecule has 0 unspecified atom stereocenters. The zero-order valence-electron chi connectivity index (χ0n) is 31.4. The molecule has 0 fully saturated rings. The van der Waals surface area contributed by atoms with Crippen LogP contribution in [0.2, 0.25) is 0 Å². The van der Waals surface area contributed by atoms with Gasteiger partial charge in [0, 0.05) is 22.3 Å². The summed E-state index contributed by atoms with van der Waals surface area (Å²) >= 11 is 0. The summed E-state index contributed by atoms with van der Waals surface area (Å²) < 4.78 is 1.56. The smallest absolute Gasteiger partial charge is 0.493 e. The quantitative estimate of drug-likeness (QED) is 0.0560. The van der Waals surface area contributed by atoms with Gasteiger partial charge in [-0.15, -0.1) is 0 Å². The van der Waals surface area contributed by atoms with Crippen LogP contribution in [0.25, 0.3) is 16.9 Å². The Hall–Kier alpha value is -1.82. The molecule has 2 nitrogen and oxygen atoms in total. The van der Waals surface area contributed by atoms with E-state index in [9.17, 15) is 5.53 Å². The maximum Gasteiger partial charge on any atom is 2.00 e. The first kappa shape index (κ1) is 45.2. The van der Waals surface area contributed by atoms with Crippen molar-refractivity contribution in [2.24, 2.45) is 0 Å². The van der Waals surface area contributed by atoms with Crippen molar-refractivity contribution in [3.8, 4) is 0 Å². The maximum atomic E-state index is 11.9. The van der Waals surface area contributed by atoms with Crippen LogP contribution in [0.3, 0.4) is 0 Å². The predicted molar refractivity (Wildman–Crippen MR) is 206 cm³/mol. The number of nitrogens with zero attached hydrogens (tertiary/aromatic N) is 2. The van der Waals surface area contributed by atoms with Crippen LogP contribution in [0.15, 0.2) is 59.7 Å². The minimum absolute atomic E-state index is 0. The molecule has 1 aliphatic heterocycles. The van der Waals surface area contributed by atoms with E-state index in [1.807, 2.05) is 0 Å². The molecule has 266 valence electrons. The van der Waals surface area contributed by atoms with Crippen molar-refractivity contribution in [2.75, 3.05) is 0 Å². The first-order valence-electron chi connectivity index (χ1n) is 19.2. The molecular formula is C44H70N2Pd. The van der Waals surface area contributed by atoms with E-state index >= 15 is 0 Å². The van der Waals surface area contributed by atoms with Crippen LogP contribution in [0, 0.1) is 13.8 Å². The van der Waals surface area contributed by atoms with Crippen molar-refractivity contribution < 1.29 is 25.1 Å². The molecule has 0 radical (unpaired) electrons. The van der Waals surface area contributed by atoms with Gasteiger partial charge in [0.05, 0.1) is 0 Å². The molecule has 3 rings (SSSR count). The predicted octanol–water partition coefficient (Wildman–Crippen LogP) is 14.7. The van der Waals surface area contributed by atoms with E-state index in [-0.39, 0.29) is 20.4 Å². The molecule has 0 saturated heterocycles. The Morgan fingerprint density at radius 1 is 0.489 bits per heavy atom. The van der Waals surface area contributed by atoms with Gasteiger partial charge in [-0.1, -0.05) is 130 Å². The second-order valence-corrected chi connectivity index (χ2v) is 12.9. The van der Waals surface area contributed by atoms with Crippen LogP contribution >= 0.6 is 0 Å². The normalized spacial score (nSPS) is 12.4. The molecule has 1 aliphatic rings. The molecule has 3 heteroatoms. The third-order valence-electron chi connectivity index (χ3n) is 8.67. The standard InChI is InChI=1S/C36H52N2.2C4H9.Pd/c1-5-9-13-14-15-16-26-34-33(25-12-8-4)35(31-23-17-21-29(27-31)19-10-6-2)38(37)36(34)32-24-18-22-30(28-32)20-11-7-3;2*1-3-4-2;/h17-18,21-24,27-28H,5-16,19-20,25-26H2,1-4H3;2*1,3-4H2,2H3;/q;2*-1;+2. The van der Waals surface area contributed by atoms with Crippen LogP contribution in [0.5, 0.6) is 0 Å². The molecule has 2 aromatic rings. The SMILES string of the molecule is CCCCCCCCC1=C(c2cccc(CCCC)c2)[N+](=[N-])C(c2cccc(CCCC)c2)=C1CCCC.[CH2-]CCC.[CH2-]CCC.[Pd+2]. The number of allylic oxidation sites excluding steroid dienone is 2. The van der Waals surface area contributed by atoms with Gasteiger partial charge in [0.1, 0.15) is 0 Å². The van der Waals surface area contributed by atoms with Gasteiger partial charge in [0.2, 0.25) is 11.4 Å². The second kappa shape index (κ2) is 29.1. The zero-order chi connectivity index (χ0) is 34.0. The molecule has 0 aliphatic carbocycles. The Labute approximate surface area is 306 Å². The summed E-state index contributed by atoms with van der Waals surface area (Å²) in [6, 6.07) is 17.9. The summed E-state index contributed by atoms with van der Waals surface area (Å²) in [5.74, 6) is 0. The summed E-state index contributed by atoms with van der Waals surface area (Å²) in [7, 11) is 0. The zero-order valence-corrected chi connectivity index (χ0v) is 32.9. The Kier molecular flexibility index (Phi) is 28.0. The molecule has 1 heterocycles.